The Bertz CT molecular complexity index is 760. The fourth-order valence-electron chi connectivity index (χ4n) is 2.71. The van der Waals surface area contributed by atoms with E-state index >= 15 is 0 Å². The van der Waals surface area contributed by atoms with Crippen LogP contribution in [-0.2, 0) is 19.5 Å². The topological polar surface area (TPSA) is 84.2 Å². The van der Waals surface area contributed by atoms with Gasteiger partial charge in [-0.2, -0.15) is 0 Å². The van der Waals surface area contributed by atoms with E-state index in [1.165, 1.54) is 7.11 Å². The molecule has 1 aliphatic rings. The normalized spacial score (nSPS) is 14.6. The number of hydrogen-bond donors (Lipinski definition) is 2. The number of methoxy groups -OCH3 is 1. The summed E-state index contributed by atoms with van der Waals surface area (Å²) in [5.41, 5.74) is 7.20. The number of hydrogen-bond acceptors (Lipinski definition) is 5. The Balaban J connectivity index is 1.83. The predicted molar refractivity (Wildman–Crippen MR) is 80.0 cm³/mol. The average Bonchev–Trinajstić information content (AvgIpc) is 2.50. The van der Waals surface area contributed by atoms with Gasteiger partial charge in [0.15, 0.2) is 11.6 Å². The fourth-order valence-corrected chi connectivity index (χ4v) is 2.71. The van der Waals surface area contributed by atoms with Crippen LogP contribution in [0.1, 0.15) is 16.8 Å². The zero-order valence-electron chi connectivity index (χ0n) is 12.2. The van der Waals surface area contributed by atoms with Crippen molar-refractivity contribution >= 4 is 5.95 Å². The molecule has 0 amide bonds. The predicted octanol–water partition coefficient (Wildman–Crippen LogP) is 1.06. The van der Waals surface area contributed by atoms with E-state index in [0.29, 0.717) is 37.2 Å². The zero-order chi connectivity index (χ0) is 15.7. The lowest BCUT2D eigenvalue weighted by Crippen LogP contribution is -2.35. The SMILES string of the molecule is COc1cccc(CN2CCc3nc(N)[nH]c(=O)c3C2)c1F. The van der Waals surface area contributed by atoms with Gasteiger partial charge in [0.1, 0.15) is 0 Å². The molecule has 0 spiro atoms. The van der Waals surface area contributed by atoms with Crippen LogP contribution in [0.5, 0.6) is 5.75 Å². The number of nitrogens with one attached hydrogen (secondary N) is 1. The van der Waals surface area contributed by atoms with Crippen LogP contribution >= 0.6 is 0 Å². The van der Waals surface area contributed by atoms with E-state index in [4.69, 9.17) is 10.5 Å². The molecular weight excluding hydrogens is 287 g/mol. The number of anilines is 1. The molecule has 116 valence electrons. The third-order valence-electron chi connectivity index (χ3n) is 3.82. The summed E-state index contributed by atoms with van der Waals surface area (Å²) in [4.78, 5) is 20.6. The van der Waals surface area contributed by atoms with E-state index in [-0.39, 0.29) is 23.1 Å². The number of nitrogens with zero attached hydrogens (tertiary/aromatic N) is 2. The maximum atomic E-state index is 14.2. The highest BCUT2D eigenvalue weighted by molar-refractivity contribution is 5.32. The maximum absolute atomic E-state index is 14.2. The van der Waals surface area contributed by atoms with Crippen molar-refractivity contribution in [2.45, 2.75) is 19.5 Å². The van der Waals surface area contributed by atoms with Crippen molar-refractivity contribution in [2.24, 2.45) is 0 Å². The Morgan fingerprint density at radius 2 is 2.32 bits per heavy atom. The number of halogens is 1. The summed E-state index contributed by atoms with van der Waals surface area (Å²) in [7, 11) is 1.44. The first-order valence-electron chi connectivity index (χ1n) is 6.99. The molecular formula is C15H17FN4O2. The van der Waals surface area contributed by atoms with Gasteiger partial charge in [0.25, 0.3) is 5.56 Å². The molecule has 6 nitrogen and oxygen atoms in total. The number of benzene rings is 1. The molecule has 2 heterocycles. The first kappa shape index (κ1) is 14.5. The van der Waals surface area contributed by atoms with Crippen molar-refractivity contribution in [3.63, 3.8) is 0 Å². The number of nitrogen functional groups attached to an aromatic ring is 1. The van der Waals surface area contributed by atoms with E-state index < -0.39 is 0 Å². The smallest absolute Gasteiger partial charge is 0.257 e. The molecule has 0 radical (unpaired) electrons. The van der Waals surface area contributed by atoms with Gasteiger partial charge in [-0.3, -0.25) is 14.7 Å². The summed E-state index contributed by atoms with van der Waals surface area (Å²) in [6.45, 7) is 1.53. The highest BCUT2D eigenvalue weighted by Crippen LogP contribution is 2.23. The second-order valence-electron chi connectivity index (χ2n) is 5.27. The molecule has 0 saturated carbocycles. The lowest BCUT2D eigenvalue weighted by atomic mass is 10.1. The molecule has 0 unspecified atom stereocenters. The molecule has 1 aromatic heterocycles. The van der Waals surface area contributed by atoms with E-state index in [1.807, 2.05) is 4.90 Å². The zero-order valence-corrected chi connectivity index (χ0v) is 12.2. The van der Waals surface area contributed by atoms with Crippen LogP contribution in [0.15, 0.2) is 23.0 Å². The van der Waals surface area contributed by atoms with E-state index in [9.17, 15) is 9.18 Å². The summed E-state index contributed by atoms with van der Waals surface area (Å²) in [6.07, 6.45) is 0.620. The number of aromatic nitrogens is 2. The molecule has 0 aliphatic carbocycles. The van der Waals surface area contributed by atoms with Gasteiger partial charge in [-0.1, -0.05) is 12.1 Å². The van der Waals surface area contributed by atoms with Gasteiger partial charge in [-0.25, -0.2) is 9.37 Å². The molecule has 0 bridgehead atoms. The number of H-pyrrole nitrogens is 1. The van der Waals surface area contributed by atoms with Crippen molar-refractivity contribution < 1.29 is 9.13 Å². The number of rotatable bonds is 3. The first-order valence-corrected chi connectivity index (χ1v) is 6.99. The van der Waals surface area contributed by atoms with Crippen molar-refractivity contribution in [2.75, 3.05) is 19.4 Å². The summed E-state index contributed by atoms with van der Waals surface area (Å²) >= 11 is 0. The molecule has 1 aliphatic heterocycles. The van der Waals surface area contributed by atoms with Crippen LogP contribution in [0.4, 0.5) is 10.3 Å². The van der Waals surface area contributed by atoms with Gasteiger partial charge < -0.3 is 10.5 Å². The highest BCUT2D eigenvalue weighted by atomic mass is 19.1. The Morgan fingerprint density at radius 1 is 1.50 bits per heavy atom. The Kier molecular flexibility index (Phi) is 3.81. The Morgan fingerprint density at radius 3 is 3.09 bits per heavy atom. The molecule has 3 N–H and O–H groups in total. The van der Waals surface area contributed by atoms with Gasteiger partial charge in [-0.15, -0.1) is 0 Å². The summed E-state index contributed by atoms with van der Waals surface area (Å²) in [5.74, 6) is -0.00150. The molecule has 3 rings (SSSR count). The third-order valence-corrected chi connectivity index (χ3v) is 3.82. The minimum absolute atomic E-state index is 0.135. The number of aromatic amines is 1. The quantitative estimate of drug-likeness (QED) is 0.886. The fraction of sp³-hybridized carbons (Fsp3) is 0.333. The van der Waals surface area contributed by atoms with Crippen molar-refractivity contribution in [1.82, 2.24) is 14.9 Å². The van der Waals surface area contributed by atoms with Gasteiger partial charge in [0.05, 0.1) is 18.4 Å². The molecule has 1 aromatic carbocycles. The standard InChI is InChI=1S/C15H17FN4O2/c1-22-12-4-2-3-9(13(12)16)7-20-6-5-11-10(8-20)14(21)19-15(17)18-11/h2-4H,5-8H2,1H3,(H3,17,18,19,21). The van der Waals surface area contributed by atoms with Crippen molar-refractivity contribution in [3.8, 4) is 5.75 Å². The van der Waals surface area contributed by atoms with Crippen LogP contribution in [0.2, 0.25) is 0 Å². The van der Waals surface area contributed by atoms with Crippen LogP contribution in [0, 0.1) is 5.82 Å². The Hall–Kier alpha value is -2.41. The molecule has 2 aromatic rings. The highest BCUT2D eigenvalue weighted by Gasteiger charge is 2.22. The van der Waals surface area contributed by atoms with Crippen molar-refractivity contribution in [1.29, 1.82) is 0 Å². The van der Waals surface area contributed by atoms with Crippen molar-refractivity contribution in [3.05, 3.63) is 51.2 Å². The van der Waals surface area contributed by atoms with E-state index in [0.717, 1.165) is 5.69 Å². The largest absolute Gasteiger partial charge is 0.494 e. The van der Waals surface area contributed by atoms with E-state index in [2.05, 4.69) is 9.97 Å². The summed E-state index contributed by atoms with van der Waals surface area (Å²) < 4.78 is 19.2. The van der Waals surface area contributed by atoms with Gasteiger partial charge in [0.2, 0.25) is 5.95 Å². The molecule has 7 heteroatoms. The lowest BCUT2D eigenvalue weighted by molar-refractivity contribution is 0.237. The number of ether oxygens (including phenoxy) is 1. The average molecular weight is 304 g/mol. The summed E-state index contributed by atoms with van der Waals surface area (Å²) in [6, 6.07) is 5.06. The molecule has 0 fully saturated rings. The summed E-state index contributed by atoms with van der Waals surface area (Å²) in [5, 5.41) is 0. The number of fused-ring (bicyclic) bond motifs is 1. The molecule has 0 saturated heterocycles. The molecule has 0 atom stereocenters. The second kappa shape index (κ2) is 5.76. The maximum Gasteiger partial charge on any atom is 0.257 e. The van der Waals surface area contributed by atoms with Crippen LogP contribution in [-0.4, -0.2) is 28.5 Å². The third kappa shape index (κ3) is 2.67. The van der Waals surface area contributed by atoms with Crippen LogP contribution in [0.3, 0.4) is 0 Å². The van der Waals surface area contributed by atoms with Crippen LogP contribution in [0.25, 0.3) is 0 Å². The second-order valence-corrected chi connectivity index (χ2v) is 5.27. The van der Waals surface area contributed by atoms with E-state index in [1.54, 1.807) is 18.2 Å². The van der Waals surface area contributed by atoms with Gasteiger partial charge >= 0.3 is 0 Å². The van der Waals surface area contributed by atoms with Gasteiger partial charge in [-0.05, 0) is 6.07 Å². The Labute approximate surface area is 126 Å². The minimum Gasteiger partial charge on any atom is -0.494 e. The molecule has 22 heavy (non-hydrogen) atoms. The van der Waals surface area contributed by atoms with Crippen LogP contribution < -0.4 is 16.0 Å². The minimum atomic E-state index is -0.361. The monoisotopic (exact) mass is 304 g/mol. The lowest BCUT2D eigenvalue weighted by Gasteiger charge is -2.27. The van der Waals surface area contributed by atoms with Gasteiger partial charge in [0, 0.05) is 31.6 Å². The first-order chi connectivity index (χ1) is 10.6. The number of nitrogens with two attached hydrogens (primary N) is 1.